The van der Waals surface area contributed by atoms with Crippen molar-refractivity contribution in [1.29, 1.82) is 0 Å². The van der Waals surface area contributed by atoms with Gasteiger partial charge in [0.1, 0.15) is 25.1 Å². The third-order valence-corrected chi connectivity index (χ3v) is 2.04. The van der Waals surface area contributed by atoms with Gasteiger partial charge in [-0.2, -0.15) is 4.89 Å². The van der Waals surface area contributed by atoms with Crippen molar-refractivity contribution in [3.63, 3.8) is 0 Å². The third-order valence-electron chi connectivity index (χ3n) is 2.04. The van der Waals surface area contributed by atoms with Gasteiger partial charge in [-0.15, -0.1) is 0 Å². The van der Waals surface area contributed by atoms with Crippen molar-refractivity contribution in [1.82, 2.24) is 0 Å². The molecule has 0 aromatic rings. The second-order valence-electron chi connectivity index (χ2n) is 6.26. The minimum atomic E-state index is -1.42. The molecule has 0 aromatic heterocycles. The van der Waals surface area contributed by atoms with E-state index in [1.54, 1.807) is 0 Å². The van der Waals surface area contributed by atoms with Crippen LogP contribution >= 0.6 is 0 Å². The molecule has 0 bridgehead atoms. The summed E-state index contributed by atoms with van der Waals surface area (Å²) in [5.74, 6) is -0.679. The van der Waals surface area contributed by atoms with Crippen LogP contribution in [0.2, 0.25) is 0 Å². The van der Waals surface area contributed by atoms with Crippen LogP contribution in [-0.4, -0.2) is 36.0 Å². The van der Waals surface area contributed by atoms with Crippen LogP contribution in [0.4, 0.5) is 4.79 Å². The molecule has 0 aliphatic carbocycles. The van der Waals surface area contributed by atoms with Gasteiger partial charge >= 0.3 is 12.1 Å². The van der Waals surface area contributed by atoms with Crippen molar-refractivity contribution >= 4 is 12.1 Å². The van der Waals surface area contributed by atoms with Gasteiger partial charge in [-0.25, -0.2) is 9.59 Å². The highest BCUT2D eigenvalue weighted by atomic mass is 17.2. The second kappa shape index (κ2) is 8.51. The molecular weight excluding hydrogens is 280 g/mol. The molecule has 0 amide bonds. The SMILES string of the molecule is CC(C)(C)CC(C)(C)OOC=CC(=O)OCCOC(=O)O. The first kappa shape index (κ1) is 19.2. The van der Waals surface area contributed by atoms with Crippen LogP contribution in [0, 0.1) is 5.41 Å². The molecule has 0 aromatic carbocycles. The lowest BCUT2D eigenvalue weighted by molar-refractivity contribution is -0.321. The van der Waals surface area contributed by atoms with Gasteiger partial charge in [-0.1, -0.05) is 20.8 Å². The van der Waals surface area contributed by atoms with E-state index in [1.807, 2.05) is 13.8 Å². The fourth-order valence-corrected chi connectivity index (χ4v) is 1.87. The number of hydrogen-bond acceptors (Lipinski definition) is 6. The Morgan fingerprint density at radius 1 is 1.05 bits per heavy atom. The Labute approximate surface area is 124 Å². The van der Waals surface area contributed by atoms with Gasteiger partial charge < -0.3 is 19.5 Å². The molecule has 0 atom stereocenters. The Morgan fingerprint density at radius 3 is 2.14 bits per heavy atom. The van der Waals surface area contributed by atoms with E-state index >= 15 is 0 Å². The normalized spacial score (nSPS) is 12.2. The van der Waals surface area contributed by atoms with E-state index in [2.05, 4.69) is 30.2 Å². The van der Waals surface area contributed by atoms with Gasteiger partial charge in [-0.3, -0.25) is 0 Å². The number of rotatable bonds is 8. The third kappa shape index (κ3) is 13.0. The van der Waals surface area contributed by atoms with E-state index < -0.39 is 17.7 Å². The summed E-state index contributed by atoms with van der Waals surface area (Å²) in [5.41, 5.74) is -0.415. The lowest BCUT2D eigenvalue weighted by Gasteiger charge is -2.30. The molecule has 0 unspecified atom stereocenters. The lowest BCUT2D eigenvalue weighted by atomic mass is 9.84. The van der Waals surface area contributed by atoms with Crippen LogP contribution in [0.25, 0.3) is 0 Å². The predicted molar refractivity (Wildman–Crippen MR) is 74.4 cm³/mol. The fourth-order valence-electron chi connectivity index (χ4n) is 1.87. The van der Waals surface area contributed by atoms with Crippen LogP contribution in [0.1, 0.15) is 41.0 Å². The molecule has 0 aliphatic heterocycles. The zero-order valence-electron chi connectivity index (χ0n) is 13.2. The van der Waals surface area contributed by atoms with Crippen molar-refractivity contribution in [2.75, 3.05) is 13.2 Å². The summed E-state index contributed by atoms with van der Waals surface area (Å²) in [4.78, 5) is 31.3. The zero-order chi connectivity index (χ0) is 16.5. The highest BCUT2D eigenvalue weighted by Crippen LogP contribution is 2.29. The Hall–Kier alpha value is -1.76. The molecule has 0 saturated heterocycles. The molecule has 0 heterocycles. The van der Waals surface area contributed by atoms with Crippen molar-refractivity contribution in [2.45, 2.75) is 46.6 Å². The maximum Gasteiger partial charge on any atom is 0.505 e. The molecule has 0 radical (unpaired) electrons. The number of carboxylic acid groups (broad SMARTS) is 1. The summed E-state index contributed by atoms with van der Waals surface area (Å²) in [7, 11) is 0. The maximum atomic E-state index is 11.2. The van der Waals surface area contributed by atoms with Gasteiger partial charge in [0.2, 0.25) is 0 Å². The monoisotopic (exact) mass is 304 g/mol. The van der Waals surface area contributed by atoms with Gasteiger partial charge in [0.15, 0.2) is 0 Å². The fraction of sp³-hybridized carbons (Fsp3) is 0.714. The zero-order valence-corrected chi connectivity index (χ0v) is 13.2. The Bertz CT molecular complexity index is 366. The molecule has 0 rings (SSSR count). The van der Waals surface area contributed by atoms with E-state index in [0.29, 0.717) is 0 Å². The van der Waals surface area contributed by atoms with Crippen molar-refractivity contribution in [2.24, 2.45) is 5.41 Å². The molecule has 0 saturated carbocycles. The number of esters is 1. The number of hydrogen-bond donors (Lipinski definition) is 1. The molecular formula is C14H24O7. The Morgan fingerprint density at radius 2 is 1.62 bits per heavy atom. The first-order valence-electron chi connectivity index (χ1n) is 6.55. The van der Waals surface area contributed by atoms with E-state index in [1.165, 1.54) is 0 Å². The molecule has 7 heteroatoms. The average Bonchev–Trinajstić information content (AvgIpc) is 2.27. The summed E-state index contributed by atoms with van der Waals surface area (Å²) < 4.78 is 8.82. The highest BCUT2D eigenvalue weighted by molar-refractivity contribution is 5.81. The van der Waals surface area contributed by atoms with Gasteiger partial charge in [0.25, 0.3) is 0 Å². The van der Waals surface area contributed by atoms with Crippen LogP contribution in [0.15, 0.2) is 12.3 Å². The van der Waals surface area contributed by atoms with Gasteiger partial charge in [-0.05, 0) is 25.7 Å². The lowest BCUT2D eigenvalue weighted by Crippen LogP contribution is -2.29. The maximum absolute atomic E-state index is 11.2. The molecule has 0 spiro atoms. The van der Waals surface area contributed by atoms with Crippen LogP contribution in [0.5, 0.6) is 0 Å². The standard InChI is InChI=1S/C14H24O7/c1-13(2,3)10-14(4,5)21-20-7-6-11(15)18-8-9-19-12(16)17/h6-7H,8-10H2,1-5H3,(H,16,17). The first-order valence-corrected chi connectivity index (χ1v) is 6.55. The summed E-state index contributed by atoms with van der Waals surface area (Å²) >= 11 is 0. The number of ether oxygens (including phenoxy) is 2. The molecule has 0 aliphatic rings. The minimum Gasteiger partial charge on any atom is -0.459 e. The molecule has 122 valence electrons. The second-order valence-corrected chi connectivity index (χ2v) is 6.26. The van der Waals surface area contributed by atoms with Crippen LogP contribution < -0.4 is 0 Å². The molecule has 1 N–H and O–H groups in total. The van der Waals surface area contributed by atoms with Gasteiger partial charge in [0.05, 0.1) is 6.08 Å². The molecule has 7 nitrogen and oxygen atoms in total. The predicted octanol–water partition coefficient (Wildman–Crippen LogP) is 2.90. The quantitative estimate of drug-likeness (QED) is 0.184. The molecule has 0 fully saturated rings. The number of carbonyl (C=O) groups is 2. The summed E-state index contributed by atoms with van der Waals surface area (Å²) in [5, 5.41) is 8.20. The smallest absolute Gasteiger partial charge is 0.459 e. The average molecular weight is 304 g/mol. The van der Waals surface area contributed by atoms with Crippen LogP contribution in [-0.2, 0) is 24.0 Å². The minimum absolute atomic E-state index is 0.0830. The van der Waals surface area contributed by atoms with E-state index in [9.17, 15) is 9.59 Å². The van der Waals surface area contributed by atoms with E-state index in [4.69, 9.17) is 14.9 Å². The first-order chi connectivity index (χ1) is 9.52. The van der Waals surface area contributed by atoms with Crippen LogP contribution in [0.3, 0.4) is 0 Å². The van der Waals surface area contributed by atoms with E-state index in [-0.39, 0.29) is 18.6 Å². The molecule has 21 heavy (non-hydrogen) atoms. The summed E-state index contributed by atoms with van der Waals surface area (Å²) in [6.07, 6.45) is 1.46. The summed E-state index contributed by atoms with van der Waals surface area (Å²) in [6.45, 7) is 9.65. The largest absolute Gasteiger partial charge is 0.505 e. The summed E-state index contributed by atoms with van der Waals surface area (Å²) in [6, 6.07) is 0. The van der Waals surface area contributed by atoms with E-state index in [0.717, 1.165) is 18.8 Å². The Kier molecular flexibility index (Phi) is 7.80. The van der Waals surface area contributed by atoms with Crippen molar-refractivity contribution < 1.29 is 33.9 Å². The highest BCUT2D eigenvalue weighted by Gasteiger charge is 2.27. The topological polar surface area (TPSA) is 91.3 Å². The number of carbonyl (C=O) groups excluding carboxylic acids is 1. The van der Waals surface area contributed by atoms with Crippen molar-refractivity contribution in [3.05, 3.63) is 12.3 Å². The van der Waals surface area contributed by atoms with Gasteiger partial charge in [0, 0.05) is 0 Å². The Balaban J connectivity index is 3.89. The van der Waals surface area contributed by atoms with Crippen molar-refractivity contribution in [3.8, 4) is 0 Å².